The molecule has 0 bridgehead atoms. The highest BCUT2D eigenvalue weighted by molar-refractivity contribution is 5.97. The molecule has 0 fully saturated rings. The first-order valence-corrected chi connectivity index (χ1v) is 4.81. The number of hydrogen-bond acceptors (Lipinski definition) is 2. The predicted molar refractivity (Wildman–Crippen MR) is 58.9 cm³/mol. The van der Waals surface area contributed by atoms with Crippen molar-refractivity contribution in [2.75, 3.05) is 0 Å². The van der Waals surface area contributed by atoms with Crippen molar-refractivity contribution in [3.8, 4) is 0 Å². The first-order chi connectivity index (χ1) is 6.02. The molecule has 2 nitrogen and oxygen atoms in total. The molecular formula is C11H20N2. The second kappa shape index (κ2) is 5.68. The third-order valence-electron chi connectivity index (χ3n) is 2.48. The Morgan fingerprint density at radius 3 is 2.23 bits per heavy atom. The van der Waals surface area contributed by atoms with Gasteiger partial charge in [-0.1, -0.05) is 27.4 Å². The second-order valence-electron chi connectivity index (χ2n) is 3.60. The highest BCUT2D eigenvalue weighted by Gasteiger charge is 2.12. The predicted octanol–water partition coefficient (Wildman–Crippen LogP) is 3.28. The zero-order chi connectivity index (χ0) is 10.4. The molecule has 0 aromatic rings. The summed E-state index contributed by atoms with van der Waals surface area (Å²) < 4.78 is 0. The molecule has 0 saturated carbocycles. The van der Waals surface area contributed by atoms with Gasteiger partial charge in [-0.2, -0.15) is 0 Å². The molecule has 0 spiro atoms. The summed E-state index contributed by atoms with van der Waals surface area (Å²) in [7, 11) is 0. The van der Waals surface area contributed by atoms with Crippen molar-refractivity contribution in [2.24, 2.45) is 11.8 Å². The van der Waals surface area contributed by atoms with Crippen LogP contribution in [0.1, 0.15) is 33.6 Å². The van der Waals surface area contributed by atoms with Crippen molar-refractivity contribution in [1.29, 1.82) is 10.8 Å². The Morgan fingerprint density at radius 1 is 1.31 bits per heavy atom. The summed E-state index contributed by atoms with van der Waals surface area (Å²) in [4.78, 5) is 0. The maximum absolute atomic E-state index is 7.76. The molecular weight excluding hydrogens is 160 g/mol. The third kappa shape index (κ3) is 4.02. The van der Waals surface area contributed by atoms with E-state index in [0.717, 1.165) is 12.1 Å². The Bertz CT molecular complexity index is 206. The molecule has 0 aliphatic heterocycles. The van der Waals surface area contributed by atoms with Gasteiger partial charge in [0.25, 0.3) is 0 Å². The van der Waals surface area contributed by atoms with E-state index in [1.807, 2.05) is 6.92 Å². The lowest BCUT2D eigenvalue weighted by atomic mass is 9.91. The maximum Gasteiger partial charge on any atom is 0.0339 e. The Labute approximate surface area is 81.1 Å². The normalized spacial score (nSPS) is 14.7. The second-order valence-corrected chi connectivity index (χ2v) is 3.60. The molecule has 13 heavy (non-hydrogen) atoms. The molecule has 2 N–H and O–H groups in total. The van der Waals surface area contributed by atoms with E-state index in [2.05, 4.69) is 20.4 Å². The van der Waals surface area contributed by atoms with Crippen LogP contribution < -0.4 is 0 Å². The fourth-order valence-electron chi connectivity index (χ4n) is 1.09. The van der Waals surface area contributed by atoms with E-state index in [-0.39, 0.29) is 5.92 Å². The summed E-state index contributed by atoms with van der Waals surface area (Å²) in [6, 6.07) is 0. The Balaban J connectivity index is 4.05. The largest absolute Gasteiger partial charge is 0.309 e. The van der Waals surface area contributed by atoms with Gasteiger partial charge in [-0.3, -0.25) is 0 Å². The van der Waals surface area contributed by atoms with Gasteiger partial charge in [-0.15, -0.1) is 0 Å². The summed E-state index contributed by atoms with van der Waals surface area (Å²) >= 11 is 0. The average molecular weight is 180 g/mol. The number of nitrogens with one attached hydrogen (secondary N) is 2. The Hall–Kier alpha value is -0.920. The molecule has 74 valence electrons. The van der Waals surface area contributed by atoms with Crippen molar-refractivity contribution in [3.63, 3.8) is 0 Å². The van der Waals surface area contributed by atoms with E-state index >= 15 is 0 Å². The van der Waals surface area contributed by atoms with E-state index in [9.17, 15) is 0 Å². The standard InChI is InChI=1S/C11H20N2/c1-5-8(3)11(13)7-9(4)10(12)6-2/h6,8-9,12-13H,2,5,7H2,1,3-4H3. The van der Waals surface area contributed by atoms with Crippen LogP contribution in [0.2, 0.25) is 0 Å². The lowest BCUT2D eigenvalue weighted by Crippen LogP contribution is -2.17. The SMILES string of the molecule is C=CC(=N)C(C)CC(=N)C(C)CC. The smallest absolute Gasteiger partial charge is 0.0339 e. The molecule has 0 rings (SSSR count). The minimum absolute atomic E-state index is 0.138. The number of hydrogen-bond donors (Lipinski definition) is 2. The summed E-state index contributed by atoms with van der Waals surface area (Å²) in [5.41, 5.74) is 1.29. The minimum Gasteiger partial charge on any atom is -0.309 e. The van der Waals surface area contributed by atoms with Crippen LogP contribution >= 0.6 is 0 Å². The topological polar surface area (TPSA) is 47.7 Å². The summed E-state index contributed by atoms with van der Waals surface area (Å²) in [6.07, 6.45) is 3.27. The molecule has 0 radical (unpaired) electrons. The van der Waals surface area contributed by atoms with Gasteiger partial charge in [0.2, 0.25) is 0 Å². The molecule has 2 atom stereocenters. The molecule has 0 aliphatic rings. The molecule has 0 saturated heterocycles. The van der Waals surface area contributed by atoms with Gasteiger partial charge >= 0.3 is 0 Å². The zero-order valence-corrected chi connectivity index (χ0v) is 8.85. The van der Waals surface area contributed by atoms with Crippen LogP contribution in [0.4, 0.5) is 0 Å². The van der Waals surface area contributed by atoms with Crippen LogP contribution in [0.3, 0.4) is 0 Å². The van der Waals surface area contributed by atoms with Crippen LogP contribution in [0.25, 0.3) is 0 Å². The number of rotatable bonds is 6. The zero-order valence-electron chi connectivity index (χ0n) is 8.85. The molecule has 2 heteroatoms. The third-order valence-corrected chi connectivity index (χ3v) is 2.48. The number of allylic oxidation sites excluding steroid dienone is 1. The van der Waals surface area contributed by atoms with Gasteiger partial charge in [0.1, 0.15) is 0 Å². The Kier molecular flexibility index (Phi) is 5.28. The van der Waals surface area contributed by atoms with Gasteiger partial charge in [0, 0.05) is 17.3 Å². The van der Waals surface area contributed by atoms with Gasteiger partial charge in [0.15, 0.2) is 0 Å². The fourth-order valence-corrected chi connectivity index (χ4v) is 1.09. The van der Waals surface area contributed by atoms with Crippen molar-refractivity contribution in [3.05, 3.63) is 12.7 Å². The van der Waals surface area contributed by atoms with Crippen LogP contribution in [-0.4, -0.2) is 11.4 Å². The minimum atomic E-state index is 0.138. The van der Waals surface area contributed by atoms with Crippen molar-refractivity contribution in [2.45, 2.75) is 33.6 Å². The van der Waals surface area contributed by atoms with Crippen LogP contribution in [0.5, 0.6) is 0 Å². The van der Waals surface area contributed by atoms with Crippen LogP contribution in [0.15, 0.2) is 12.7 Å². The highest BCUT2D eigenvalue weighted by Crippen LogP contribution is 2.12. The van der Waals surface area contributed by atoms with Crippen LogP contribution in [0, 0.1) is 22.7 Å². The van der Waals surface area contributed by atoms with Gasteiger partial charge in [-0.25, -0.2) is 0 Å². The lowest BCUT2D eigenvalue weighted by molar-refractivity contribution is 0.687. The first-order valence-electron chi connectivity index (χ1n) is 4.81. The van der Waals surface area contributed by atoms with E-state index in [0.29, 0.717) is 18.1 Å². The van der Waals surface area contributed by atoms with E-state index in [1.54, 1.807) is 6.08 Å². The quantitative estimate of drug-likeness (QED) is 0.589. The summed E-state index contributed by atoms with van der Waals surface area (Å²) in [5.74, 6) is 0.485. The van der Waals surface area contributed by atoms with Crippen molar-refractivity contribution in [1.82, 2.24) is 0 Å². The van der Waals surface area contributed by atoms with Gasteiger partial charge in [0.05, 0.1) is 0 Å². The average Bonchev–Trinajstić information content (AvgIpc) is 2.14. The van der Waals surface area contributed by atoms with Crippen LogP contribution in [-0.2, 0) is 0 Å². The monoisotopic (exact) mass is 180 g/mol. The van der Waals surface area contributed by atoms with Crippen molar-refractivity contribution >= 4 is 11.4 Å². The van der Waals surface area contributed by atoms with E-state index < -0.39 is 0 Å². The van der Waals surface area contributed by atoms with Gasteiger partial charge in [-0.05, 0) is 24.8 Å². The van der Waals surface area contributed by atoms with E-state index in [4.69, 9.17) is 10.8 Å². The fraction of sp³-hybridized carbons (Fsp3) is 0.636. The molecule has 0 aromatic carbocycles. The first kappa shape index (κ1) is 12.1. The summed E-state index contributed by atoms with van der Waals surface area (Å²) in [5, 5.41) is 15.3. The maximum atomic E-state index is 7.76. The van der Waals surface area contributed by atoms with Gasteiger partial charge < -0.3 is 10.8 Å². The molecule has 0 heterocycles. The van der Waals surface area contributed by atoms with E-state index in [1.165, 1.54) is 0 Å². The Morgan fingerprint density at radius 2 is 1.85 bits per heavy atom. The summed E-state index contributed by atoms with van der Waals surface area (Å²) in [6.45, 7) is 9.68. The molecule has 2 unspecified atom stereocenters. The molecule has 0 aromatic heterocycles. The van der Waals surface area contributed by atoms with Crippen molar-refractivity contribution < 1.29 is 0 Å². The molecule has 0 aliphatic carbocycles. The lowest BCUT2D eigenvalue weighted by Gasteiger charge is -2.15. The highest BCUT2D eigenvalue weighted by atomic mass is 14.5. The molecule has 0 amide bonds.